The highest BCUT2D eigenvalue weighted by molar-refractivity contribution is 7.99. The number of benzene rings is 2. The third kappa shape index (κ3) is 7.23. The molecule has 2 aromatic rings. The van der Waals surface area contributed by atoms with Gasteiger partial charge in [0.25, 0.3) is 9.70 Å². The van der Waals surface area contributed by atoms with Gasteiger partial charge in [0.2, 0.25) is 0 Å². The zero-order valence-corrected chi connectivity index (χ0v) is 21.0. The van der Waals surface area contributed by atoms with Crippen LogP contribution in [0.25, 0.3) is 0 Å². The number of ether oxygens (including phenoxy) is 2. The molecule has 4 atom stereocenters. The number of hydrogen-bond acceptors (Lipinski definition) is 6. The summed E-state index contributed by atoms with van der Waals surface area (Å²) in [5, 5.41) is 21.0. The first-order valence-corrected chi connectivity index (χ1v) is 12.7. The predicted molar refractivity (Wildman–Crippen MR) is 133 cm³/mol. The van der Waals surface area contributed by atoms with E-state index in [1.54, 1.807) is 36.0 Å². The van der Waals surface area contributed by atoms with Crippen molar-refractivity contribution >= 4 is 58.2 Å². The average Bonchev–Trinajstić information content (AvgIpc) is 2.80. The highest BCUT2D eigenvalue weighted by Crippen LogP contribution is 2.42. The van der Waals surface area contributed by atoms with Gasteiger partial charge in [0.05, 0.1) is 25.4 Å². The SMILES string of the molecule is C[C@@H]1[C@H](CSCCO)O[C@H](c2ccc(NC(=O)C(Cl)(Cl)Cl)cc2)O[C@@H]1c1ccc(CO)cc1. The molecule has 10 heteroatoms. The molecule has 1 saturated heterocycles. The number of halogens is 3. The number of carbonyl (C=O) groups is 1. The van der Waals surface area contributed by atoms with Crippen molar-refractivity contribution in [3.05, 3.63) is 65.2 Å². The molecule has 3 N–H and O–H groups in total. The van der Waals surface area contributed by atoms with Gasteiger partial charge in [-0.25, -0.2) is 0 Å². The van der Waals surface area contributed by atoms with E-state index in [9.17, 15) is 9.90 Å². The van der Waals surface area contributed by atoms with Crippen molar-refractivity contribution < 1.29 is 24.5 Å². The smallest absolute Gasteiger partial charge is 0.276 e. The van der Waals surface area contributed by atoms with E-state index in [0.29, 0.717) is 17.2 Å². The van der Waals surface area contributed by atoms with Crippen molar-refractivity contribution in [2.45, 2.75) is 35.8 Å². The van der Waals surface area contributed by atoms with E-state index < -0.39 is 16.0 Å². The molecule has 1 amide bonds. The minimum absolute atomic E-state index is 0.0192. The van der Waals surface area contributed by atoms with Crippen LogP contribution in [-0.4, -0.2) is 44.1 Å². The van der Waals surface area contributed by atoms with Gasteiger partial charge in [-0.3, -0.25) is 4.79 Å². The lowest BCUT2D eigenvalue weighted by molar-refractivity contribution is -0.268. The standard InChI is InChI=1S/C23H26Cl3NO5S/c1-14-19(13-33-11-10-28)31-21(32-20(14)16-4-2-15(12-29)3-5-16)17-6-8-18(9-7-17)27-22(30)23(24,25)26/h2-9,14,19-21,28-29H,10-13H2,1H3,(H,27,30)/t14-,19+,20+,21+/m1/s1. The largest absolute Gasteiger partial charge is 0.396 e. The molecule has 0 bridgehead atoms. The van der Waals surface area contributed by atoms with E-state index in [-0.39, 0.29) is 31.3 Å². The molecule has 1 heterocycles. The first-order valence-electron chi connectivity index (χ1n) is 10.4. The van der Waals surface area contributed by atoms with E-state index in [1.807, 2.05) is 24.3 Å². The maximum atomic E-state index is 11.9. The van der Waals surface area contributed by atoms with E-state index in [2.05, 4.69) is 12.2 Å². The molecule has 0 aromatic heterocycles. The molecule has 3 rings (SSSR count). The lowest BCUT2D eigenvalue weighted by Gasteiger charge is -2.41. The number of hydrogen-bond donors (Lipinski definition) is 3. The zero-order chi connectivity index (χ0) is 24.0. The number of thioether (sulfide) groups is 1. The van der Waals surface area contributed by atoms with Crippen molar-refractivity contribution in [2.75, 3.05) is 23.4 Å². The first kappa shape index (κ1) is 26.6. The molecule has 1 aliphatic rings. The Morgan fingerprint density at radius 1 is 1.03 bits per heavy atom. The van der Waals surface area contributed by atoms with Crippen molar-refractivity contribution in [3.63, 3.8) is 0 Å². The highest BCUT2D eigenvalue weighted by atomic mass is 35.6. The molecule has 0 aliphatic carbocycles. The molecule has 6 nitrogen and oxygen atoms in total. The Labute approximate surface area is 212 Å². The molecule has 0 saturated carbocycles. The fourth-order valence-corrected chi connectivity index (χ4v) is 4.55. The van der Waals surface area contributed by atoms with Crippen molar-refractivity contribution in [3.8, 4) is 0 Å². The maximum absolute atomic E-state index is 11.9. The van der Waals surface area contributed by atoms with Gasteiger partial charge in [-0.15, -0.1) is 0 Å². The van der Waals surface area contributed by atoms with Crippen LogP contribution in [0.3, 0.4) is 0 Å². The Morgan fingerprint density at radius 2 is 1.67 bits per heavy atom. The van der Waals surface area contributed by atoms with Gasteiger partial charge in [0.15, 0.2) is 6.29 Å². The lowest BCUT2D eigenvalue weighted by Crippen LogP contribution is -2.38. The molecular weight excluding hydrogens is 509 g/mol. The van der Waals surface area contributed by atoms with E-state index in [4.69, 9.17) is 49.4 Å². The number of nitrogens with one attached hydrogen (secondary N) is 1. The number of anilines is 1. The summed E-state index contributed by atoms with van der Waals surface area (Å²) < 4.78 is 10.6. The molecular formula is C23H26Cl3NO5S. The number of aliphatic hydroxyl groups is 2. The first-order chi connectivity index (χ1) is 15.7. The molecule has 1 fully saturated rings. The Hall–Kier alpha value is -1.03. The van der Waals surface area contributed by atoms with Gasteiger partial charge >= 0.3 is 0 Å². The van der Waals surface area contributed by atoms with Gasteiger partial charge in [0, 0.05) is 28.7 Å². The van der Waals surface area contributed by atoms with Gasteiger partial charge < -0.3 is 25.0 Å². The average molecular weight is 535 g/mol. The molecule has 33 heavy (non-hydrogen) atoms. The van der Waals surface area contributed by atoms with Crippen molar-refractivity contribution in [1.29, 1.82) is 0 Å². The van der Waals surface area contributed by atoms with Crippen LogP contribution in [0.5, 0.6) is 0 Å². The van der Waals surface area contributed by atoms with E-state index in [0.717, 1.165) is 16.7 Å². The summed E-state index contributed by atoms with van der Waals surface area (Å²) in [4.78, 5) is 11.9. The number of alkyl halides is 3. The number of carbonyl (C=O) groups excluding carboxylic acids is 1. The second-order valence-corrected chi connectivity index (χ2v) is 11.1. The van der Waals surface area contributed by atoms with Gasteiger partial charge in [-0.05, 0) is 23.3 Å². The van der Waals surface area contributed by atoms with Crippen molar-refractivity contribution in [2.24, 2.45) is 5.92 Å². The second kappa shape index (κ2) is 12.1. The van der Waals surface area contributed by atoms with Crippen LogP contribution < -0.4 is 5.32 Å². The minimum atomic E-state index is -2.05. The Bertz CT molecular complexity index is 908. The molecule has 0 radical (unpaired) electrons. The molecule has 0 spiro atoms. The van der Waals surface area contributed by atoms with E-state index in [1.165, 1.54) is 0 Å². The normalized spacial score (nSPS) is 23.3. The monoisotopic (exact) mass is 533 g/mol. The van der Waals surface area contributed by atoms with Crippen LogP contribution >= 0.6 is 46.6 Å². The predicted octanol–water partition coefficient (Wildman–Crippen LogP) is 5.00. The zero-order valence-electron chi connectivity index (χ0n) is 17.9. The summed E-state index contributed by atoms with van der Waals surface area (Å²) in [6.45, 7) is 2.17. The highest BCUT2D eigenvalue weighted by Gasteiger charge is 2.38. The minimum Gasteiger partial charge on any atom is -0.396 e. The molecule has 1 aliphatic heterocycles. The Morgan fingerprint density at radius 3 is 2.24 bits per heavy atom. The van der Waals surface area contributed by atoms with Crippen LogP contribution in [0, 0.1) is 5.92 Å². The quantitative estimate of drug-likeness (QED) is 0.326. The molecule has 0 unspecified atom stereocenters. The number of aliphatic hydroxyl groups excluding tert-OH is 2. The summed E-state index contributed by atoms with van der Waals surface area (Å²) in [6, 6.07) is 14.6. The van der Waals surface area contributed by atoms with Gasteiger partial charge in [-0.1, -0.05) is 78.1 Å². The summed E-state index contributed by atoms with van der Waals surface area (Å²) in [7, 11) is 0. The van der Waals surface area contributed by atoms with Crippen LogP contribution in [0.1, 0.15) is 36.0 Å². The lowest BCUT2D eigenvalue weighted by atomic mass is 9.91. The second-order valence-electron chi connectivity index (χ2n) is 7.69. The van der Waals surface area contributed by atoms with Gasteiger partial charge in [-0.2, -0.15) is 11.8 Å². The Kier molecular flexibility index (Phi) is 9.73. The third-order valence-corrected chi connectivity index (χ3v) is 6.89. The molecule has 2 aromatic carbocycles. The maximum Gasteiger partial charge on any atom is 0.276 e. The van der Waals surface area contributed by atoms with Crippen LogP contribution in [0.15, 0.2) is 48.5 Å². The Balaban J connectivity index is 1.79. The summed E-state index contributed by atoms with van der Waals surface area (Å²) in [5.41, 5.74) is 3.09. The van der Waals surface area contributed by atoms with Gasteiger partial charge in [0.1, 0.15) is 0 Å². The van der Waals surface area contributed by atoms with Crippen LogP contribution in [0.4, 0.5) is 5.69 Å². The van der Waals surface area contributed by atoms with Crippen LogP contribution in [0.2, 0.25) is 0 Å². The summed E-state index contributed by atoms with van der Waals surface area (Å²) in [5.74, 6) is 0.664. The fraction of sp³-hybridized carbons (Fsp3) is 0.435. The summed E-state index contributed by atoms with van der Waals surface area (Å²) >= 11 is 18.5. The van der Waals surface area contributed by atoms with E-state index >= 15 is 0 Å². The summed E-state index contributed by atoms with van der Waals surface area (Å²) in [6.07, 6.45) is -0.951. The van der Waals surface area contributed by atoms with Crippen LogP contribution in [-0.2, 0) is 20.9 Å². The topological polar surface area (TPSA) is 88.0 Å². The third-order valence-electron chi connectivity index (χ3n) is 5.34. The number of rotatable bonds is 8. The fourth-order valence-electron chi connectivity index (χ4n) is 3.50. The van der Waals surface area contributed by atoms with Crippen molar-refractivity contribution in [1.82, 2.24) is 0 Å². The number of amides is 1. The molecule has 180 valence electrons.